The van der Waals surface area contributed by atoms with Gasteiger partial charge in [-0.1, -0.05) is 13.8 Å². The predicted molar refractivity (Wildman–Crippen MR) is 77.4 cm³/mol. The van der Waals surface area contributed by atoms with E-state index >= 15 is 0 Å². The first-order valence-corrected chi connectivity index (χ1v) is 6.96. The van der Waals surface area contributed by atoms with Crippen molar-refractivity contribution in [2.24, 2.45) is 0 Å². The van der Waals surface area contributed by atoms with Crippen molar-refractivity contribution in [2.75, 3.05) is 18.0 Å². The van der Waals surface area contributed by atoms with E-state index in [9.17, 15) is 4.79 Å². The zero-order valence-electron chi connectivity index (χ0n) is 12.3. The lowest BCUT2D eigenvalue weighted by Crippen LogP contribution is -2.31. The molecule has 0 saturated carbocycles. The topological polar surface area (TPSA) is 58.1 Å². The third-order valence-electron chi connectivity index (χ3n) is 2.60. The minimum absolute atomic E-state index is 0.102. The van der Waals surface area contributed by atoms with Crippen LogP contribution in [0.4, 0.5) is 5.82 Å². The van der Waals surface area contributed by atoms with Crippen molar-refractivity contribution in [1.82, 2.24) is 15.3 Å². The van der Waals surface area contributed by atoms with Gasteiger partial charge in [-0.15, -0.1) is 0 Å². The molecule has 0 unspecified atom stereocenters. The van der Waals surface area contributed by atoms with Gasteiger partial charge in [0.05, 0.1) is 12.4 Å². The average Bonchev–Trinajstić information content (AvgIpc) is 2.38. The number of nitrogens with one attached hydrogen (secondary N) is 1. The highest BCUT2D eigenvalue weighted by molar-refractivity contribution is 5.92. The van der Waals surface area contributed by atoms with Crippen LogP contribution in [-0.4, -0.2) is 35.0 Å². The molecule has 5 heteroatoms. The Labute approximate surface area is 115 Å². The van der Waals surface area contributed by atoms with E-state index in [1.54, 1.807) is 12.4 Å². The molecule has 1 aromatic heterocycles. The van der Waals surface area contributed by atoms with Crippen molar-refractivity contribution in [2.45, 2.75) is 46.6 Å². The fourth-order valence-corrected chi connectivity index (χ4v) is 1.82. The van der Waals surface area contributed by atoms with Crippen LogP contribution in [0.5, 0.6) is 0 Å². The second-order valence-electron chi connectivity index (χ2n) is 4.88. The minimum atomic E-state index is -0.174. The van der Waals surface area contributed by atoms with Crippen LogP contribution in [0, 0.1) is 0 Å². The number of amides is 1. The van der Waals surface area contributed by atoms with Crippen molar-refractivity contribution in [3.05, 3.63) is 18.1 Å². The summed E-state index contributed by atoms with van der Waals surface area (Å²) >= 11 is 0. The number of nitrogens with zero attached hydrogens (tertiary/aromatic N) is 3. The molecule has 0 saturated heterocycles. The summed E-state index contributed by atoms with van der Waals surface area (Å²) in [6, 6.07) is 0.102. The lowest BCUT2D eigenvalue weighted by molar-refractivity contribution is 0.0937. The molecule has 0 radical (unpaired) electrons. The molecule has 0 aromatic carbocycles. The van der Waals surface area contributed by atoms with Gasteiger partial charge >= 0.3 is 0 Å². The number of aromatic nitrogens is 2. The Morgan fingerprint density at radius 3 is 2.26 bits per heavy atom. The zero-order valence-corrected chi connectivity index (χ0v) is 12.3. The smallest absolute Gasteiger partial charge is 0.271 e. The molecule has 1 amide bonds. The Kier molecular flexibility index (Phi) is 6.25. The normalized spacial score (nSPS) is 10.6. The van der Waals surface area contributed by atoms with Crippen LogP contribution >= 0.6 is 0 Å². The van der Waals surface area contributed by atoms with Crippen molar-refractivity contribution in [3.63, 3.8) is 0 Å². The molecular weight excluding hydrogens is 240 g/mol. The summed E-state index contributed by atoms with van der Waals surface area (Å²) in [7, 11) is 0. The minimum Gasteiger partial charge on any atom is -0.355 e. The summed E-state index contributed by atoms with van der Waals surface area (Å²) < 4.78 is 0. The average molecular weight is 264 g/mol. The molecule has 0 bridgehead atoms. The highest BCUT2D eigenvalue weighted by atomic mass is 16.1. The van der Waals surface area contributed by atoms with Crippen LogP contribution in [0.25, 0.3) is 0 Å². The maximum absolute atomic E-state index is 11.8. The Balaban J connectivity index is 2.76. The number of anilines is 1. The van der Waals surface area contributed by atoms with Gasteiger partial charge in [0.15, 0.2) is 0 Å². The number of rotatable bonds is 7. The summed E-state index contributed by atoms with van der Waals surface area (Å²) in [5, 5.41) is 2.80. The SMILES string of the molecule is CCCN(CCC)c1cnc(C(=O)NC(C)C)cn1. The Bertz CT molecular complexity index is 383. The number of carbonyl (C=O) groups is 1. The second kappa shape index (κ2) is 7.71. The highest BCUT2D eigenvalue weighted by Crippen LogP contribution is 2.10. The Morgan fingerprint density at radius 2 is 1.84 bits per heavy atom. The summed E-state index contributed by atoms with van der Waals surface area (Å²) in [5.74, 6) is 0.663. The second-order valence-corrected chi connectivity index (χ2v) is 4.88. The summed E-state index contributed by atoms with van der Waals surface area (Å²) in [6.07, 6.45) is 5.36. The van der Waals surface area contributed by atoms with Gasteiger partial charge in [0, 0.05) is 19.1 Å². The molecular formula is C14H24N4O. The van der Waals surface area contributed by atoms with Crippen molar-refractivity contribution < 1.29 is 4.79 Å². The van der Waals surface area contributed by atoms with Gasteiger partial charge in [0.25, 0.3) is 5.91 Å². The predicted octanol–water partition coefficient (Wildman–Crippen LogP) is 2.24. The van der Waals surface area contributed by atoms with Crippen molar-refractivity contribution in [1.29, 1.82) is 0 Å². The van der Waals surface area contributed by atoms with Gasteiger partial charge in [-0.05, 0) is 26.7 Å². The maximum atomic E-state index is 11.8. The Morgan fingerprint density at radius 1 is 1.21 bits per heavy atom. The van der Waals surface area contributed by atoms with E-state index in [4.69, 9.17) is 0 Å². The van der Waals surface area contributed by atoms with Crippen LogP contribution in [0.2, 0.25) is 0 Å². The molecule has 5 nitrogen and oxygen atoms in total. The standard InChI is InChI=1S/C14H24N4O/c1-5-7-18(8-6-2)13-10-15-12(9-16-13)14(19)17-11(3)4/h9-11H,5-8H2,1-4H3,(H,17,19). The monoisotopic (exact) mass is 264 g/mol. The molecule has 0 spiro atoms. The molecule has 0 aliphatic rings. The number of carbonyl (C=O) groups excluding carboxylic acids is 1. The summed E-state index contributed by atoms with van der Waals surface area (Å²) in [6.45, 7) is 10.0. The van der Waals surface area contributed by atoms with E-state index in [1.165, 1.54) is 0 Å². The first-order valence-electron chi connectivity index (χ1n) is 6.96. The quantitative estimate of drug-likeness (QED) is 0.820. The maximum Gasteiger partial charge on any atom is 0.271 e. The zero-order chi connectivity index (χ0) is 14.3. The van der Waals surface area contributed by atoms with E-state index in [-0.39, 0.29) is 11.9 Å². The first kappa shape index (κ1) is 15.4. The molecule has 0 aliphatic heterocycles. The Hall–Kier alpha value is -1.65. The van der Waals surface area contributed by atoms with Crippen LogP contribution < -0.4 is 10.2 Å². The van der Waals surface area contributed by atoms with Crippen molar-refractivity contribution in [3.8, 4) is 0 Å². The van der Waals surface area contributed by atoms with E-state index in [0.29, 0.717) is 5.69 Å². The third kappa shape index (κ3) is 4.85. The van der Waals surface area contributed by atoms with Gasteiger partial charge < -0.3 is 10.2 Å². The van der Waals surface area contributed by atoms with Crippen LogP contribution in [0.3, 0.4) is 0 Å². The molecule has 1 aromatic rings. The molecule has 106 valence electrons. The fourth-order valence-electron chi connectivity index (χ4n) is 1.82. The molecule has 0 atom stereocenters. The summed E-state index contributed by atoms with van der Waals surface area (Å²) in [4.78, 5) is 22.5. The van der Waals surface area contributed by atoms with Crippen LogP contribution in [0.1, 0.15) is 51.0 Å². The number of hydrogen-bond donors (Lipinski definition) is 1. The molecule has 19 heavy (non-hydrogen) atoms. The van der Waals surface area contributed by atoms with Gasteiger partial charge in [-0.2, -0.15) is 0 Å². The molecule has 0 fully saturated rings. The van der Waals surface area contributed by atoms with E-state index in [1.807, 2.05) is 13.8 Å². The molecule has 1 heterocycles. The lowest BCUT2D eigenvalue weighted by Gasteiger charge is -2.22. The highest BCUT2D eigenvalue weighted by Gasteiger charge is 2.11. The number of hydrogen-bond acceptors (Lipinski definition) is 4. The third-order valence-corrected chi connectivity index (χ3v) is 2.60. The largest absolute Gasteiger partial charge is 0.355 e. The van der Waals surface area contributed by atoms with Gasteiger partial charge in [-0.3, -0.25) is 4.79 Å². The van der Waals surface area contributed by atoms with Crippen LogP contribution in [0.15, 0.2) is 12.4 Å². The summed E-state index contributed by atoms with van der Waals surface area (Å²) in [5.41, 5.74) is 0.366. The van der Waals surface area contributed by atoms with Crippen molar-refractivity contribution >= 4 is 11.7 Å². The van der Waals surface area contributed by atoms with Gasteiger partial charge in [-0.25, -0.2) is 9.97 Å². The molecule has 1 N–H and O–H groups in total. The lowest BCUT2D eigenvalue weighted by atomic mass is 10.3. The van der Waals surface area contributed by atoms with Crippen LogP contribution in [-0.2, 0) is 0 Å². The first-order chi connectivity index (χ1) is 9.08. The molecule has 0 aliphatic carbocycles. The van der Waals surface area contributed by atoms with Gasteiger partial charge in [0.1, 0.15) is 11.5 Å². The van der Waals surface area contributed by atoms with E-state index in [2.05, 4.69) is 34.0 Å². The fraction of sp³-hybridized carbons (Fsp3) is 0.643. The van der Waals surface area contributed by atoms with Gasteiger partial charge in [0.2, 0.25) is 0 Å². The van der Waals surface area contributed by atoms with E-state index < -0.39 is 0 Å². The molecule has 1 rings (SSSR count). The van der Waals surface area contributed by atoms with E-state index in [0.717, 1.165) is 31.7 Å².